The highest BCUT2D eigenvalue weighted by Crippen LogP contribution is 2.40. The fourth-order valence-electron chi connectivity index (χ4n) is 2.62. The normalized spacial score (nSPS) is 19.8. The Morgan fingerprint density at radius 1 is 1.28 bits per heavy atom. The van der Waals surface area contributed by atoms with E-state index in [4.69, 9.17) is 0 Å². The summed E-state index contributed by atoms with van der Waals surface area (Å²) in [6, 6.07) is 0. The van der Waals surface area contributed by atoms with Gasteiger partial charge in [-0.3, -0.25) is 0 Å². The molecule has 0 aromatic rings. The van der Waals surface area contributed by atoms with Crippen molar-refractivity contribution in [2.75, 3.05) is 0 Å². The molecule has 18 heavy (non-hydrogen) atoms. The summed E-state index contributed by atoms with van der Waals surface area (Å²) < 4.78 is 0. The summed E-state index contributed by atoms with van der Waals surface area (Å²) in [4.78, 5) is 0. The van der Waals surface area contributed by atoms with Crippen LogP contribution in [0.1, 0.15) is 74.1 Å². The van der Waals surface area contributed by atoms with Crippen LogP contribution in [0.5, 0.6) is 0 Å². The first-order valence-electron chi connectivity index (χ1n) is 7.52. The van der Waals surface area contributed by atoms with Gasteiger partial charge in [0.1, 0.15) is 0 Å². The van der Waals surface area contributed by atoms with Gasteiger partial charge in [0.2, 0.25) is 0 Å². The fourth-order valence-corrected chi connectivity index (χ4v) is 2.62. The largest absolute Gasteiger partial charge is 0.0819 e. The van der Waals surface area contributed by atoms with Crippen molar-refractivity contribution in [3.63, 3.8) is 0 Å². The standard InChI is InChI=1S/C16H26.C2H6/c1-6-8-13(2)10-11-15-14(3)9-7-12-16(15,4)5;1-2/h8,10-11H,6-7,9,12H2,1-5H3;1-2H3/b11-10+,13-8+;. The van der Waals surface area contributed by atoms with Gasteiger partial charge in [0.25, 0.3) is 0 Å². The SMILES string of the molecule is CC.CC/C=C(C)/C=C/C1=C(C)CCCC1(C)C. The molecule has 0 spiro atoms. The van der Waals surface area contributed by atoms with E-state index in [1.807, 2.05) is 13.8 Å². The van der Waals surface area contributed by atoms with Crippen molar-refractivity contribution >= 4 is 0 Å². The van der Waals surface area contributed by atoms with Crippen molar-refractivity contribution in [1.82, 2.24) is 0 Å². The highest BCUT2D eigenvalue weighted by molar-refractivity contribution is 5.35. The molecule has 0 heteroatoms. The Kier molecular flexibility index (Phi) is 7.98. The molecular weight excluding hydrogens is 216 g/mol. The van der Waals surface area contributed by atoms with Crippen molar-refractivity contribution in [1.29, 1.82) is 0 Å². The Bertz CT molecular complexity index is 324. The topological polar surface area (TPSA) is 0 Å². The van der Waals surface area contributed by atoms with Crippen LogP contribution in [0.2, 0.25) is 0 Å². The van der Waals surface area contributed by atoms with Crippen LogP contribution in [0.4, 0.5) is 0 Å². The maximum absolute atomic E-state index is 2.37. The molecule has 1 rings (SSSR count). The number of rotatable bonds is 3. The summed E-state index contributed by atoms with van der Waals surface area (Å²) in [6.45, 7) is 15.4. The van der Waals surface area contributed by atoms with E-state index < -0.39 is 0 Å². The van der Waals surface area contributed by atoms with Gasteiger partial charge in [0.15, 0.2) is 0 Å². The summed E-state index contributed by atoms with van der Waals surface area (Å²) in [5, 5.41) is 0. The lowest BCUT2D eigenvalue weighted by Crippen LogP contribution is -2.19. The van der Waals surface area contributed by atoms with E-state index in [1.54, 1.807) is 11.1 Å². The molecule has 0 saturated carbocycles. The lowest BCUT2D eigenvalue weighted by molar-refractivity contribution is 0.377. The van der Waals surface area contributed by atoms with E-state index in [0.717, 1.165) is 6.42 Å². The highest BCUT2D eigenvalue weighted by atomic mass is 14.3. The van der Waals surface area contributed by atoms with Crippen LogP contribution >= 0.6 is 0 Å². The molecule has 0 bridgehead atoms. The molecule has 0 unspecified atom stereocenters. The number of allylic oxidation sites excluding steroid dienone is 6. The van der Waals surface area contributed by atoms with Crippen LogP contribution in [0.15, 0.2) is 34.9 Å². The van der Waals surface area contributed by atoms with Crippen molar-refractivity contribution in [3.05, 3.63) is 34.9 Å². The molecule has 0 fully saturated rings. The molecular formula is C18H32. The second-order valence-corrected chi connectivity index (χ2v) is 5.62. The van der Waals surface area contributed by atoms with Crippen LogP contribution in [0.25, 0.3) is 0 Å². The smallest absolute Gasteiger partial charge is 0.0104 e. The fraction of sp³-hybridized carbons (Fsp3) is 0.667. The summed E-state index contributed by atoms with van der Waals surface area (Å²) in [6.07, 6.45) is 12.0. The summed E-state index contributed by atoms with van der Waals surface area (Å²) in [5.41, 5.74) is 4.88. The molecule has 0 atom stereocenters. The molecule has 0 aromatic heterocycles. The highest BCUT2D eigenvalue weighted by Gasteiger charge is 2.26. The van der Waals surface area contributed by atoms with E-state index in [-0.39, 0.29) is 0 Å². The molecule has 0 nitrogen and oxygen atoms in total. The Morgan fingerprint density at radius 2 is 1.89 bits per heavy atom. The van der Waals surface area contributed by atoms with Crippen molar-refractivity contribution in [3.8, 4) is 0 Å². The van der Waals surface area contributed by atoms with Gasteiger partial charge in [0.05, 0.1) is 0 Å². The van der Waals surface area contributed by atoms with Crippen LogP contribution in [0, 0.1) is 5.41 Å². The first kappa shape index (κ1) is 17.2. The zero-order valence-corrected chi connectivity index (χ0v) is 13.6. The van der Waals surface area contributed by atoms with Crippen LogP contribution in [-0.2, 0) is 0 Å². The third-order valence-electron chi connectivity index (χ3n) is 3.58. The third-order valence-corrected chi connectivity index (χ3v) is 3.58. The predicted molar refractivity (Wildman–Crippen MR) is 84.9 cm³/mol. The Morgan fingerprint density at radius 3 is 2.39 bits per heavy atom. The van der Waals surface area contributed by atoms with Gasteiger partial charge in [-0.2, -0.15) is 0 Å². The molecule has 0 amide bonds. The lowest BCUT2D eigenvalue weighted by Gasteiger charge is -2.32. The Hall–Kier alpha value is -0.780. The Labute approximate surface area is 115 Å². The van der Waals surface area contributed by atoms with E-state index >= 15 is 0 Å². The minimum atomic E-state index is 0.366. The first-order valence-corrected chi connectivity index (χ1v) is 7.52. The van der Waals surface area contributed by atoms with Gasteiger partial charge >= 0.3 is 0 Å². The van der Waals surface area contributed by atoms with Gasteiger partial charge in [-0.25, -0.2) is 0 Å². The zero-order chi connectivity index (χ0) is 14.2. The second kappa shape index (κ2) is 8.34. The predicted octanol–water partition coefficient (Wildman–Crippen LogP) is 6.45. The van der Waals surface area contributed by atoms with Gasteiger partial charge in [-0.1, -0.05) is 64.0 Å². The van der Waals surface area contributed by atoms with Crippen molar-refractivity contribution in [2.45, 2.75) is 74.1 Å². The monoisotopic (exact) mass is 248 g/mol. The molecule has 0 aliphatic heterocycles. The maximum Gasteiger partial charge on any atom is -0.0104 e. The minimum absolute atomic E-state index is 0.366. The van der Waals surface area contributed by atoms with Gasteiger partial charge in [-0.05, 0) is 50.5 Å². The quantitative estimate of drug-likeness (QED) is 0.503. The minimum Gasteiger partial charge on any atom is -0.0819 e. The van der Waals surface area contributed by atoms with Gasteiger partial charge in [0, 0.05) is 0 Å². The molecule has 0 N–H and O–H groups in total. The molecule has 104 valence electrons. The van der Waals surface area contributed by atoms with E-state index in [0.29, 0.717) is 5.41 Å². The summed E-state index contributed by atoms with van der Waals surface area (Å²) >= 11 is 0. The van der Waals surface area contributed by atoms with Crippen LogP contribution < -0.4 is 0 Å². The molecule has 0 radical (unpaired) electrons. The van der Waals surface area contributed by atoms with Gasteiger partial charge < -0.3 is 0 Å². The first-order chi connectivity index (χ1) is 8.47. The van der Waals surface area contributed by atoms with E-state index in [9.17, 15) is 0 Å². The average molecular weight is 248 g/mol. The lowest BCUT2D eigenvalue weighted by atomic mass is 9.72. The van der Waals surface area contributed by atoms with E-state index in [1.165, 1.54) is 24.8 Å². The second-order valence-electron chi connectivity index (χ2n) is 5.62. The van der Waals surface area contributed by atoms with Crippen LogP contribution in [-0.4, -0.2) is 0 Å². The molecule has 1 aliphatic carbocycles. The summed E-state index contributed by atoms with van der Waals surface area (Å²) in [7, 11) is 0. The van der Waals surface area contributed by atoms with Gasteiger partial charge in [-0.15, -0.1) is 0 Å². The zero-order valence-electron chi connectivity index (χ0n) is 13.6. The third kappa shape index (κ3) is 5.25. The maximum atomic E-state index is 2.37. The van der Waals surface area contributed by atoms with Crippen LogP contribution in [0.3, 0.4) is 0 Å². The number of hydrogen-bond donors (Lipinski definition) is 0. The molecule has 1 aliphatic rings. The van der Waals surface area contributed by atoms with E-state index in [2.05, 4.69) is 52.8 Å². The molecule has 0 saturated heterocycles. The van der Waals surface area contributed by atoms with Crippen molar-refractivity contribution < 1.29 is 0 Å². The number of hydrogen-bond acceptors (Lipinski definition) is 0. The van der Waals surface area contributed by atoms with Crippen molar-refractivity contribution in [2.24, 2.45) is 5.41 Å². The summed E-state index contributed by atoms with van der Waals surface area (Å²) in [5.74, 6) is 0. The molecule has 0 heterocycles. The molecule has 0 aromatic carbocycles. The Balaban J connectivity index is 0.00000137. The average Bonchev–Trinajstić information content (AvgIpc) is 2.30.